The molecule has 1 N–H and O–H groups in total. The normalized spacial score (nSPS) is 17.7. The maximum absolute atomic E-state index is 13.1. The molecule has 1 aliphatic heterocycles. The number of nitrogens with one attached hydrogen (secondary N) is 1. The molecule has 3 rings (SSSR count). The van der Waals surface area contributed by atoms with Crippen LogP contribution >= 0.6 is 0 Å². The molecular formula is C22H25N3O2. The molecule has 0 aromatic heterocycles. The number of carbonyl (C=O) groups excluding carboxylic acids is 1. The molecular weight excluding hydrogens is 338 g/mol. The summed E-state index contributed by atoms with van der Waals surface area (Å²) in [6.07, 6.45) is 0.816. The third kappa shape index (κ3) is 4.73. The van der Waals surface area contributed by atoms with Gasteiger partial charge in [0.15, 0.2) is 0 Å². The Morgan fingerprint density at radius 3 is 2.63 bits per heavy atom. The molecule has 5 heteroatoms. The van der Waals surface area contributed by atoms with Crippen LogP contribution in [0.1, 0.15) is 29.2 Å². The van der Waals surface area contributed by atoms with E-state index < -0.39 is 0 Å². The number of benzene rings is 2. The van der Waals surface area contributed by atoms with Crippen molar-refractivity contribution < 1.29 is 9.53 Å². The largest absolute Gasteiger partial charge is 0.383 e. The first kappa shape index (κ1) is 19.1. The van der Waals surface area contributed by atoms with Gasteiger partial charge >= 0.3 is 0 Å². The van der Waals surface area contributed by atoms with Crippen LogP contribution in [0.4, 0.5) is 0 Å². The van der Waals surface area contributed by atoms with Gasteiger partial charge in [-0.05, 0) is 29.7 Å². The smallest absolute Gasteiger partial charge is 0.227 e. The van der Waals surface area contributed by atoms with E-state index in [1.165, 1.54) is 0 Å². The van der Waals surface area contributed by atoms with Gasteiger partial charge in [0.1, 0.15) is 0 Å². The summed E-state index contributed by atoms with van der Waals surface area (Å²) in [4.78, 5) is 15.0. The van der Waals surface area contributed by atoms with Gasteiger partial charge in [0, 0.05) is 32.8 Å². The number of likely N-dealkylation sites (tertiary alicyclic amines) is 1. The van der Waals surface area contributed by atoms with Gasteiger partial charge in [-0.15, -0.1) is 0 Å². The van der Waals surface area contributed by atoms with E-state index in [9.17, 15) is 4.79 Å². The van der Waals surface area contributed by atoms with Gasteiger partial charge in [0.05, 0.1) is 24.2 Å². The van der Waals surface area contributed by atoms with E-state index in [4.69, 9.17) is 10.00 Å². The van der Waals surface area contributed by atoms with Gasteiger partial charge < -0.3 is 15.0 Å². The number of methoxy groups -OCH3 is 1. The summed E-state index contributed by atoms with van der Waals surface area (Å²) in [5.74, 6) is 0.0663. The highest BCUT2D eigenvalue weighted by Gasteiger charge is 2.37. The van der Waals surface area contributed by atoms with Crippen LogP contribution in [-0.4, -0.2) is 37.6 Å². The van der Waals surface area contributed by atoms with E-state index in [1.807, 2.05) is 47.4 Å². The van der Waals surface area contributed by atoms with Crippen molar-refractivity contribution in [2.75, 3.05) is 26.8 Å². The van der Waals surface area contributed by atoms with Gasteiger partial charge in [-0.2, -0.15) is 5.26 Å². The summed E-state index contributed by atoms with van der Waals surface area (Å²) >= 11 is 0. The Hall–Kier alpha value is -2.68. The highest BCUT2D eigenvalue weighted by Crippen LogP contribution is 2.32. The summed E-state index contributed by atoms with van der Waals surface area (Å²) < 4.78 is 5.15. The summed E-state index contributed by atoms with van der Waals surface area (Å²) in [6, 6.07) is 19.6. The van der Waals surface area contributed by atoms with Gasteiger partial charge in [-0.3, -0.25) is 4.79 Å². The lowest BCUT2D eigenvalue weighted by Crippen LogP contribution is -2.36. The third-order valence-electron chi connectivity index (χ3n) is 5.03. The van der Waals surface area contributed by atoms with Crippen LogP contribution in [0.25, 0.3) is 0 Å². The van der Waals surface area contributed by atoms with E-state index >= 15 is 0 Å². The minimum absolute atomic E-state index is 0.0823. The summed E-state index contributed by atoms with van der Waals surface area (Å²) in [7, 11) is 1.67. The molecule has 0 saturated carbocycles. The van der Waals surface area contributed by atoms with Crippen molar-refractivity contribution in [1.29, 1.82) is 5.26 Å². The molecule has 1 saturated heterocycles. The molecule has 0 unspecified atom stereocenters. The molecule has 0 spiro atoms. The predicted molar refractivity (Wildman–Crippen MR) is 104 cm³/mol. The quantitative estimate of drug-likeness (QED) is 0.733. The first-order chi connectivity index (χ1) is 13.2. The number of carbonyl (C=O) groups is 1. The first-order valence-corrected chi connectivity index (χ1v) is 9.28. The Morgan fingerprint density at radius 2 is 1.96 bits per heavy atom. The van der Waals surface area contributed by atoms with Crippen LogP contribution in [0, 0.1) is 17.2 Å². The number of rotatable bonds is 8. The lowest BCUT2D eigenvalue weighted by Gasteiger charge is -2.25. The van der Waals surface area contributed by atoms with Crippen LogP contribution in [-0.2, 0) is 16.1 Å². The van der Waals surface area contributed by atoms with Crippen molar-refractivity contribution in [2.45, 2.75) is 19.0 Å². The number of ether oxygens (including phenoxy) is 1. The van der Waals surface area contributed by atoms with E-state index in [-0.39, 0.29) is 17.9 Å². The standard InChI is InChI=1S/C22H25N3O2/c1-27-14-12-24-21(19-9-7-17(15-23)8-10-19)20-11-13-25(22(20)26)16-18-5-3-2-4-6-18/h2-10,20-21,24H,11-14,16H2,1H3/t20-,21+/m1/s1. The Labute approximate surface area is 160 Å². The van der Waals surface area contributed by atoms with E-state index in [0.29, 0.717) is 25.3 Å². The zero-order chi connectivity index (χ0) is 19.1. The molecule has 0 bridgehead atoms. The predicted octanol–water partition coefficient (Wildman–Crippen LogP) is 2.88. The molecule has 2 aromatic rings. The molecule has 1 fully saturated rings. The topological polar surface area (TPSA) is 65.4 Å². The average molecular weight is 363 g/mol. The summed E-state index contributed by atoms with van der Waals surface area (Å²) in [5, 5.41) is 12.5. The van der Waals surface area contributed by atoms with Crippen LogP contribution < -0.4 is 5.32 Å². The highest BCUT2D eigenvalue weighted by atomic mass is 16.5. The number of hydrogen-bond donors (Lipinski definition) is 1. The SMILES string of the molecule is COCCN[C@@H](c1ccc(C#N)cc1)[C@H]1CCN(Cc2ccccc2)C1=O. The maximum Gasteiger partial charge on any atom is 0.227 e. The molecule has 1 heterocycles. The highest BCUT2D eigenvalue weighted by molar-refractivity contribution is 5.81. The summed E-state index contributed by atoms with van der Waals surface area (Å²) in [5.41, 5.74) is 2.80. The number of nitrogens with zero attached hydrogens (tertiary/aromatic N) is 2. The molecule has 2 aromatic carbocycles. The average Bonchev–Trinajstić information content (AvgIpc) is 3.06. The lowest BCUT2D eigenvalue weighted by atomic mass is 9.91. The zero-order valence-electron chi connectivity index (χ0n) is 15.6. The Kier molecular flexibility index (Phi) is 6.59. The molecule has 1 aliphatic rings. The van der Waals surface area contributed by atoms with Gasteiger partial charge in [0.25, 0.3) is 0 Å². The molecule has 0 radical (unpaired) electrons. The fourth-order valence-corrected chi connectivity index (χ4v) is 3.61. The fraction of sp³-hybridized carbons (Fsp3) is 0.364. The van der Waals surface area contributed by atoms with Crippen molar-refractivity contribution in [3.8, 4) is 6.07 Å². The third-order valence-corrected chi connectivity index (χ3v) is 5.03. The number of hydrogen-bond acceptors (Lipinski definition) is 4. The monoisotopic (exact) mass is 363 g/mol. The van der Waals surface area contributed by atoms with Crippen LogP contribution in [0.3, 0.4) is 0 Å². The van der Waals surface area contributed by atoms with Crippen molar-refractivity contribution in [3.63, 3.8) is 0 Å². The number of nitriles is 1. The Bertz CT molecular complexity index is 783. The van der Waals surface area contributed by atoms with Crippen molar-refractivity contribution in [3.05, 3.63) is 71.3 Å². The van der Waals surface area contributed by atoms with Gasteiger partial charge in [-0.25, -0.2) is 0 Å². The van der Waals surface area contributed by atoms with Crippen molar-refractivity contribution in [1.82, 2.24) is 10.2 Å². The summed E-state index contributed by atoms with van der Waals surface area (Å²) in [6.45, 7) is 2.66. The van der Waals surface area contributed by atoms with E-state index in [0.717, 1.165) is 24.1 Å². The van der Waals surface area contributed by atoms with Gasteiger partial charge in [0.2, 0.25) is 5.91 Å². The first-order valence-electron chi connectivity index (χ1n) is 9.28. The Morgan fingerprint density at radius 1 is 1.22 bits per heavy atom. The second-order valence-corrected chi connectivity index (χ2v) is 6.80. The maximum atomic E-state index is 13.1. The molecule has 27 heavy (non-hydrogen) atoms. The van der Waals surface area contributed by atoms with Gasteiger partial charge in [-0.1, -0.05) is 42.5 Å². The molecule has 140 valence electrons. The van der Waals surface area contributed by atoms with Crippen molar-refractivity contribution >= 4 is 5.91 Å². The van der Waals surface area contributed by atoms with E-state index in [1.54, 1.807) is 7.11 Å². The lowest BCUT2D eigenvalue weighted by molar-refractivity contribution is -0.132. The molecule has 2 atom stereocenters. The molecule has 0 aliphatic carbocycles. The minimum atomic E-state index is -0.112. The zero-order valence-corrected chi connectivity index (χ0v) is 15.6. The fourth-order valence-electron chi connectivity index (χ4n) is 3.61. The van der Waals surface area contributed by atoms with Crippen LogP contribution in [0.5, 0.6) is 0 Å². The van der Waals surface area contributed by atoms with Crippen LogP contribution in [0.2, 0.25) is 0 Å². The molecule has 1 amide bonds. The molecule has 5 nitrogen and oxygen atoms in total. The van der Waals surface area contributed by atoms with E-state index in [2.05, 4.69) is 23.5 Å². The van der Waals surface area contributed by atoms with Crippen molar-refractivity contribution in [2.24, 2.45) is 5.92 Å². The minimum Gasteiger partial charge on any atom is -0.383 e. The Balaban J connectivity index is 1.75. The second kappa shape index (κ2) is 9.31. The van der Waals surface area contributed by atoms with Crippen LogP contribution in [0.15, 0.2) is 54.6 Å². The second-order valence-electron chi connectivity index (χ2n) is 6.80. The number of amides is 1.